The van der Waals surface area contributed by atoms with Gasteiger partial charge in [-0.15, -0.1) is 0 Å². The van der Waals surface area contributed by atoms with Gasteiger partial charge in [-0.2, -0.15) is 5.10 Å². The lowest BCUT2D eigenvalue weighted by Gasteiger charge is -2.08. The van der Waals surface area contributed by atoms with Crippen molar-refractivity contribution in [1.82, 2.24) is 20.1 Å². The number of primary sulfonamides is 1. The van der Waals surface area contributed by atoms with E-state index in [-0.39, 0.29) is 17.3 Å². The lowest BCUT2D eigenvalue weighted by molar-refractivity contribution is -0.121. The van der Waals surface area contributed by atoms with Gasteiger partial charge in [-0.05, 0) is 6.07 Å². The molecule has 0 aliphatic heterocycles. The van der Waals surface area contributed by atoms with Crippen LogP contribution < -0.4 is 15.8 Å². The number of carbonyl (C=O) groups excluding carboxylic acids is 1. The molecule has 0 fully saturated rings. The van der Waals surface area contributed by atoms with Crippen LogP contribution in [0.3, 0.4) is 0 Å². The highest BCUT2D eigenvalue weighted by Crippen LogP contribution is 2.21. The van der Waals surface area contributed by atoms with Crippen molar-refractivity contribution < 1.29 is 13.2 Å². The minimum absolute atomic E-state index is 0.129. The van der Waals surface area contributed by atoms with Crippen molar-refractivity contribution in [2.24, 2.45) is 5.14 Å². The first-order valence-corrected chi connectivity index (χ1v) is 8.93. The third-order valence-electron chi connectivity index (χ3n) is 2.79. The van der Waals surface area contributed by atoms with E-state index < -0.39 is 10.0 Å². The molecule has 2 rings (SSSR count). The summed E-state index contributed by atoms with van der Waals surface area (Å²) < 4.78 is 23.4. The molecule has 0 radical (unpaired) electrons. The largest absolute Gasteiger partial charge is 0.367 e. The number of nitrogens with two attached hydrogens (primary N) is 1. The average molecular weight is 393 g/mol. The van der Waals surface area contributed by atoms with Crippen molar-refractivity contribution in [3.63, 3.8) is 0 Å². The van der Waals surface area contributed by atoms with Crippen LogP contribution >= 0.6 is 23.2 Å². The average Bonchev–Trinajstić information content (AvgIpc) is 2.94. The van der Waals surface area contributed by atoms with Crippen LogP contribution in [0.25, 0.3) is 0 Å². The molecule has 0 aliphatic rings. The van der Waals surface area contributed by atoms with Crippen LogP contribution in [0.15, 0.2) is 29.6 Å². The molecule has 2 aromatic rings. The Labute approximate surface area is 148 Å². The fourth-order valence-corrected chi connectivity index (χ4v) is 2.62. The normalized spacial score (nSPS) is 11.3. The number of carbonyl (C=O) groups is 1. The fraction of sp³-hybridized carbons (Fsp3) is 0.250. The highest BCUT2D eigenvalue weighted by molar-refractivity contribution is 7.89. The van der Waals surface area contributed by atoms with Crippen LogP contribution in [-0.4, -0.2) is 42.2 Å². The van der Waals surface area contributed by atoms with E-state index in [0.717, 1.165) is 6.20 Å². The number of rotatable bonds is 7. The number of hydrogen-bond acceptors (Lipinski definition) is 6. The predicted octanol–water partition coefficient (Wildman–Crippen LogP) is 0.461. The topological polar surface area (TPSA) is 132 Å². The zero-order valence-electron chi connectivity index (χ0n) is 12.2. The van der Waals surface area contributed by atoms with E-state index in [1.54, 1.807) is 6.07 Å². The zero-order valence-corrected chi connectivity index (χ0v) is 14.6. The molecule has 130 valence electrons. The van der Waals surface area contributed by atoms with Crippen LogP contribution in [0.5, 0.6) is 0 Å². The molecular weight excluding hydrogens is 379 g/mol. The molecule has 12 heteroatoms. The van der Waals surface area contributed by atoms with E-state index in [0.29, 0.717) is 29.0 Å². The van der Waals surface area contributed by atoms with Crippen molar-refractivity contribution in [2.45, 2.75) is 11.4 Å². The van der Waals surface area contributed by atoms with Gasteiger partial charge in [0.1, 0.15) is 17.3 Å². The molecule has 0 atom stereocenters. The van der Waals surface area contributed by atoms with Crippen molar-refractivity contribution >= 4 is 45.0 Å². The number of sulfonamides is 1. The van der Waals surface area contributed by atoms with Gasteiger partial charge in [-0.1, -0.05) is 23.2 Å². The first kappa shape index (κ1) is 18.5. The summed E-state index contributed by atoms with van der Waals surface area (Å²) in [6, 6.07) is 1.55. The second-order valence-electron chi connectivity index (χ2n) is 4.68. The number of amides is 1. The molecule has 4 N–H and O–H groups in total. The van der Waals surface area contributed by atoms with Crippen LogP contribution in [0.4, 0.5) is 5.82 Å². The summed E-state index contributed by atoms with van der Waals surface area (Å²) in [5.74, 6) is 0.121. The van der Waals surface area contributed by atoms with Crippen molar-refractivity contribution in [3.8, 4) is 0 Å². The van der Waals surface area contributed by atoms with E-state index in [4.69, 9.17) is 28.3 Å². The van der Waals surface area contributed by atoms with Gasteiger partial charge < -0.3 is 10.6 Å². The number of hydrogen-bond donors (Lipinski definition) is 3. The number of halogens is 2. The fourth-order valence-electron chi connectivity index (χ4n) is 1.71. The van der Waals surface area contributed by atoms with E-state index in [1.807, 2.05) is 0 Å². The molecule has 0 aliphatic carbocycles. The maximum absolute atomic E-state index is 11.8. The summed E-state index contributed by atoms with van der Waals surface area (Å²) in [4.78, 5) is 15.6. The van der Waals surface area contributed by atoms with Crippen molar-refractivity contribution in [1.29, 1.82) is 0 Å². The molecule has 9 nitrogen and oxygen atoms in total. The van der Waals surface area contributed by atoms with E-state index in [2.05, 4.69) is 20.7 Å². The van der Waals surface area contributed by atoms with Gasteiger partial charge in [0.15, 0.2) is 0 Å². The first-order chi connectivity index (χ1) is 11.3. The summed E-state index contributed by atoms with van der Waals surface area (Å²) in [5.41, 5.74) is 0. The summed E-state index contributed by atoms with van der Waals surface area (Å²) in [6.07, 6.45) is 3.72. The number of anilines is 1. The Bertz CT molecular complexity index is 839. The maximum Gasteiger partial charge on any atom is 0.241 e. The van der Waals surface area contributed by atoms with Crippen molar-refractivity contribution in [3.05, 3.63) is 34.7 Å². The predicted molar refractivity (Wildman–Crippen MR) is 89.4 cm³/mol. The molecule has 1 amide bonds. The second-order valence-corrected chi connectivity index (χ2v) is 7.08. The molecule has 0 unspecified atom stereocenters. The highest BCUT2D eigenvalue weighted by Gasteiger charge is 2.12. The van der Waals surface area contributed by atoms with Gasteiger partial charge in [-0.3, -0.25) is 9.48 Å². The van der Waals surface area contributed by atoms with Gasteiger partial charge in [0.25, 0.3) is 0 Å². The lowest BCUT2D eigenvalue weighted by atomic mass is 10.4. The third-order valence-corrected chi connectivity index (χ3v) is 4.15. The van der Waals surface area contributed by atoms with E-state index in [1.165, 1.54) is 17.1 Å². The van der Waals surface area contributed by atoms with Gasteiger partial charge in [0.2, 0.25) is 15.9 Å². The SMILES string of the molecule is NS(=O)(=O)c1cnn(CC(=O)NCCNc2ncc(Cl)cc2Cl)c1. The van der Waals surface area contributed by atoms with Gasteiger partial charge in [0, 0.05) is 25.5 Å². The minimum atomic E-state index is -3.83. The molecule has 0 saturated carbocycles. The third kappa shape index (κ3) is 5.34. The standard InChI is InChI=1S/C12H14Cl2N6O3S/c13-8-3-10(14)12(18-4-8)17-2-1-16-11(21)7-20-6-9(5-19-20)24(15,22)23/h3-6H,1-2,7H2,(H,16,21)(H,17,18)(H2,15,22,23). The summed E-state index contributed by atoms with van der Waals surface area (Å²) >= 11 is 11.7. The molecule has 2 aromatic heterocycles. The molecule has 0 spiro atoms. The Morgan fingerprint density at radius 1 is 1.29 bits per heavy atom. The number of aromatic nitrogens is 3. The van der Waals surface area contributed by atoms with E-state index >= 15 is 0 Å². The Hall–Kier alpha value is -1.88. The highest BCUT2D eigenvalue weighted by atomic mass is 35.5. The summed E-state index contributed by atoms with van der Waals surface area (Å²) in [7, 11) is -3.83. The smallest absolute Gasteiger partial charge is 0.241 e. The first-order valence-electron chi connectivity index (χ1n) is 6.62. The van der Waals surface area contributed by atoms with Gasteiger partial charge in [0.05, 0.1) is 16.2 Å². The molecule has 2 heterocycles. The number of nitrogens with one attached hydrogen (secondary N) is 2. The molecule has 24 heavy (non-hydrogen) atoms. The molecular formula is C12H14Cl2N6O3S. The van der Waals surface area contributed by atoms with Crippen LogP contribution in [0.2, 0.25) is 10.0 Å². The van der Waals surface area contributed by atoms with Gasteiger partial charge in [-0.25, -0.2) is 18.5 Å². The molecule has 0 saturated heterocycles. The minimum Gasteiger partial charge on any atom is -0.367 e. The Morgan fingerprint density at radius 3 is 2.67 bits per heavy atom. The van der Waals surface area contributed by atoms with Crippen LogP contribution in [0.1, 0.15) is 0 Å². The Balaban J connectivity index is 1.76. The Kier molecular flexibility index (Phi) is 5.99. The molecule has 0 aromatic carbocycles. The maximum atomic E-state index is 11.8. The lowest BCUT2D eigenvalue weighted by Crippen LogP contribution is -2.32. The van der Waals surface area contributed by atoms with Gasteiger partial charge >= 0.3 is 0 Å². The van der Waals surface area contributed by atoms with Crippen molar-refractivity contribution in [2.75, 3.05) is 18.4 Å². The quantitative estimate of drug-likeness (QED) is 0.586. The summed E-state index contributed by atoms with van der Waals surface area (Å²) in [5, 5.41) is 15.1. The van der Waals surface area contributed by atoms with E-state index in [9.17, 15) is 13.2 Å². The second kappa shape index (κ2) is 7.79. The van der Waals surface area contributed by atoms with Crippen LogP contribution in [-0.2, 0) is 21.4 Å². The van der Waals surface area contributed by atoms with Crippen LogP contribution in [0, 0.1) is 0 Å². The zero-order chi connectivity index (χ0) is 17.7. The summed E-state index contributed by atoms with van der Waals surface area (Å²) in [6.45, 7) is 0.569. The number of nitrogens with zero attached hydrogens (tertiary/aromatic N) is 3. The monoisotopic (exact) mass is 392 g/mol. The molecule has 0 bridgehead atoms. The Morgan fingerprint density at radius 2 is 2.04 bits per heavy atom. The number of pyridine rings is 1.